The number of hydrazine groups is 1. The Bertz CT molecular complexity index is 573. The second-order valence-electron chi connectivity index (χ2n) is 5.45. The molecule has 4 N–H and O–H groups in total. The van der Waals surface area contributed by atoms with Gasteiger partial charge < -0.3 is 10.7 Å². The lowest BCUT2D eigenvalue weighted by Crippen LogP contribution is -2.18. The molecule has 7 nitrogen and oxygen atoms in total. The third kappa shape index (κ3) is 3.80. The quantitative estimate of drug-likeness (QED) is 0.543. The summed E-state index contributed by atoms with van der Waals surface area (Å²) in [6.45, 7) is 4.60. The van der Waals surface area contributed by atoms with Gasteiger partial charge in [-0.25, -0.2) is 24.2 Å². The van der Waals surface area contributed by atoms with Crippen LogP contribution in [0, 0.1) is 5.92 Å². The van der Waals surface area contributed by atoms with Crippen molar-refractivity contribution >= 4 is 21.5 Å². The Hall–Kier alpha value is -1.41. The minimum Gasteiger partial charge on any atom is -0.370 e. The van der Waals surface area contributed by atoms with E-state index >= 15 is 0 Å². The number of nitrogens with two attached hydrogens (primary N) is 1. The molecule has 1 unspecified atom stereocenters. The number of nitrogens with zero attached hydrogens (tertiary/aromatic N) is 2. The molecule has 1 aliphatic heterocycles. The maximum absolute atomic E-state index is 11.4. The molecule has 0 radical (unpaired) electrons. The Morgan fingerprint density at radius 3 is 2.65 bits per heavy atom. The topological polar surface area (TPSA) is 110 Å². The highest BCUT2D eigenvalue weighted by Gasteiger charge is 2.27. The first kappa shape index (κ1) is 15.0. The fraction of sp³-hybridized carbons (Fsp3) is 0.667. The van der Waals surface area contributed by atoms with Crippen molar-refractivity contribution < 1.29 is 8.42 Å². The summed E-state index contributed by atoms with van der Waals surface area (Å²) in [6.07, 6.45) is 0.708. The molecule has 20 heavy (non-hydrogen) atoms. The SMILES string of the molecule is CC(C)c1nc(NN)cc(NCC2CCS(=O)(=O)C2)n1. The van der Waals surface area contributed by atoms with E-state index < -0.39 is 9.84 Å². The average Bonchev–Trinajstić information content (AvgIpc) is 2.75. The Labute approximate surface area is 119 Å². The van der Waals surface area contributed by atoms with E-state index in [-0.39, 0.29) is 23.3 Å². The van der Waals surface area contributed by atoms with Crippen molar-refractivity contribution in [2.75, 3.05) is 28.8 Å². The van der Waals surface area contributed by atoms with Gasteiger partial charge in [0.2, 0.25) is 0 Å². The van der Waals surface area contributed by atoms with Crippen LogP contribution >= 0.6 is 0 Å². The molecule has 2 heterocycles. The lowest BCUT2D eigenvalue weighted by molar-refractivity contribution is 0.595. The highest BCUT2D eigenvalue weighted by molar-refractivity contribution is 7.91. The number of hydrogen-bond donors (Lipinski definition) is 3. The molecule has 0 bridgehead atoms. The van der Waals surface area contributed by atoms with E-state index in [1.54, 1.807) is 6.07 Å². The van der Waals surface area contributed by atoms with Gasteiger partial charge in [-0.1, -0.05) is 13.8 Å². The monoisotopic (exact) mass is 299 g/mol. The normalized spacial score (nSPS) is 21.1. The molecule has 0 saturated carbocycles. The Balaban J connectivity index is 2.04. The standard InChI is InChI=1S/C12H21N5O2S/c1-8(2)12-15-10(5-11(16-12)17-13)14-6-9-3-4-20(18,19)7-9/h5,8-9H,3-4,6-7,13H2,1-2H3,(H2,14,15,16,17). The van der Waals surface area contributed by atoms with Gasteiger partial charge in [0.15, 0.2) is 9.84 Å². The summed E-state index contributed by atoms with van der Waals surface area (Å²) in [5.41, 5.74) is 2.52. The summed E-state index contributed by atoms with van der Waals surface area (Å²) in [5.74, 6) is 8.18. The van der Waals surface area contributed by atoms with Crippen LogP contribution in [-0.4, -0.2) is 36.4 Å². The van der Waals surface area contributed by atoms with Gasteiger partial charge in [0.25, 0.3) is 0 Å². The van der Waals surface area contributed by atoms with Crippen molar-refractivity contribution in [2.24, 2.45) is 11.8 Å². The van der Waals surface area contributed by atoms with E-state index in [2.05, 4.69) is 20.7 Å². The molecule has 1 fully saturated rings. The van der Waals surface area contributed by atoms with Gasteiger partial charge >= 0.3 is 0 Å². The van der Waals surface area contributed by atoms with Crippen molar-refractivity contribution in [3.05, 3.63) is 11.9 Å². The third-order valence-corrected chi connectivity index (χ3v) is 5.14. The summed E-state index contributed by atoms with van der Waals surface area (Å²) in [6, 6.07) is 1.72. The largest absolute Gasteiger partial charge is 0.370 e. The second-order valence-corrected chi connectivity index (χ2v) is 7.67. The van der Waals surface area contributed by atoms with Gasteiger partial charge in [0.05, 0.1) is 11.5 Å². The van der Waals surface area contributed by atoms with E-state index in [1.165, 1.54) is 0 Å². The van der Waals surface area contributed by atoms with Gasteiger partial charge in [-0.2, -0.15) is 0 Å². The van der Waals surface area contributed by atoms with Crippen LogP contribution < -0.4 is 16.6 Å². The highest BCUT2D eigenvalue weighted by atomic mass is 32.2. The number of hydrogen-bond acceptors (Lipinski definition) is 7. The number of rotatable bonds is 5. The molecule has 0 spiro atoms. The molecule has 112 valence electrons. The Kier molecular flexibility index (Phi) is 4.44. The summed E-state index contributed by atoms with van der Waals surface area (Å²) < 4.78 is 22.8. The fourth-order valence-corrected chi connectivity index (χ4v) is 4.03. The van der Waals surface area contributed by atoms with Crippen molar-refractivity contribution in [3.8, 4) is 0 Å². The zero-order chi connectivity index (χ0) is 14.8. The molecule has 0 amide bonds. The zero-order valence-corrected chi connectivity index (χ0v) is 12.6. The zero-order valence-electron chi connectivity index (χ0n) is 11.8. The maximum Gasteiger partial charge on any atom is 0.150 e. The molecule has 8 heteroatoms. The Morgan fingerprint density at radius 2 is 2.10 bits per heavy atom. The lowest BCUT2D eigenvalue weighted by atomic mass is 10.1. The van der Waals surface area contributed by atoms with Crippen LogP contribution in [0.15, 0.2) is 6.07 Å². The van der Waals surface area contributed by atoms with E-state index in [1.807, 2.05) is 13.8 Å². The minimum atomic E-state index is -2.84. The van der Waals surface area contributed by atoms with E-state index in [0.29, 0.717) is 30.4 Å². The Morgan fingerprint density at radius 1 is 1.40 bits per heavy atom. The van der Waals surface area contributed by atoms with Crippen molar-refractivity contribution in [3.63, 3.8) is 0 Å². The first-order valence-corrected chi connectivity index (χ1v) is 8.51. The van der Waals surface area contributed by atoms with Crippen LogP contribution in [0.25, 0.3) is 0 Å². The molecule has 0 aromatic carbocycles. The van der Waals surface area contributed by atoms with E-state index in [0.717, 1.165) is 0 Å². The second kappa shape index (κ2) is 5.92. The molecular formula is C12H21N5O2S. The van der Waals surface area contributed by atoms with Crippen molar-refractivity contribution in [2.45, 2.75) is 26.2 Å². The first-order valence-electron chi connectivity index (χ1n) is 6.69. The lowest BCUT2D eigenvalue weighted by Gasteiger charge is -2.13. The predicted octanol–water partition coefficient (Wildman–Crippen LogP) is 0.732. The van der Waals surface area contributed by atoms with Gasteiger partial charge in [0, 0.05) is 18.5 Å². The van der Waals surface area contributed by atoms with Crippen LogP contribution in [-0.2, 0) is 9.84 Å². The van der Waals surface area contributed by atoms with E-state index in [4.69, 9.17) is 5.84 Å². The van der Waals surface area contributed by atoms with Crippen LogP contribution in [0.2, 0.25) is 0 Å². The van der Waals surface area contributed by atoms with Crippen LogP contribution in [0.3, 0.4) is 0 Å². The number of anilines is 2. The van der Waals surface area contributed by atoms with Crippen molar-refractivity contribution in [1.29, 1.82) is 0 Å². The molecule has 1 aromatic heterocycles. The van der Waals surface area contributed by atoms with E-state index in [9.17, 15) is 8.42 Å². The smallest absolute Gasteiger partial charge is 0.150 e. The van der Waals surface area contributed by atoms with Gasteiger partial charge in [-0.05, 0) is 12.3 Å². The molecular weight excluding hydrogens is 278 g/mol. The number of nitrogens with one attached hydrogen (secondary N) is 2. The minimum absolute atomic E-state index is 0.145. The van der Waals surface area contributed by atoms with Crippen LogP contribution in [0.4, 0.5) is 11.6 Å². The fourth-order valence-electron chi connectivity index (χ4n) is 2.17. The number of sulfone groups is 1. The maximum atomic E-state index is 11.4. The van der Waals surface area contributed by atoms with Gasteiger partial charge in [-0.15, -0.1) is 0 Å². The molecule has 1 aliphatic rings. The van der Waals surface area contributed by atoms with Crippen molar-refractivity contribution in [1.82, 2.24) is 9.97 Å². The first-order chi connectivity index (χ1) is 9.39. The number of aromatic nitrogens is 2. The summed E-state index contributed by atoms with van der Waals surface area (Å²) >= 11 is 0. The average molecular weight is 299 g/mol. The third-order valence-electron chi connectivity index (χ3n) is 3.31. The van der Waals surface area contributed by atoms with Gasteiger partial charge in [-0.3, -0.25) is 0 Å². The highest BCUT2D eigenvalue weighted by Crippen LogP contribution is 2.20. The summed E-state index contributed by atoms with van der Waals surface area (Å²) in [7, 11) is -2.84. The summed E-state index contributed by atoms with van der Waals surface area (Å²) in [5, 5.41) is 3.18. The summed E-state index contributed by atoms with van der Waals surface area (Å²) in [4.78, 5) is 8.68. The van der Waals surface area contributed by atoms with Crippen LogP contribution in [0.1, 0.15) is 32.0 Å². The molecule has 1 atom stereocenters. The number of nitrogen functional groups attached to an aromatic ring is 1. The molecule has 1 saturated heterocycles. The van der Waals surface area contributed by atoms with Crippen LogP contribution in [0.5, 0.6) is 0 Å². The van der Waals surface area contributed by atoms with Gasteiger partial charge in [0.1, 0.15) is 17.5 Å². The molecule has 0 aliphatic carbocycles. The molecule has 2 rings (SSSR count). The molecule has 1 aromatic rings. The predicted molar refractivity (Wildman–Crippen MR) is 79.2 cm³/mol.